The van der Waals surface area contributed by atoms with Gasteiger partial charge in [-0.2, -0.15) is 0 Å². The molecule has 0 aromatic heterocycles. The molecule has 1 N–H and O–H groups in total. The van der Waals surface area contributed by atoms with E-state index in [1.165, 1.54) is 0 Å². The molecule has 3 saturated heterocycles. The van der Waals surface area contributed by atoms with Crippen LogP contribution in [0, 0.1) is 0 Å². The molecule has 4 heterocycles. The molecule has 29 heavy (non-hydrogen) atoms. The Morgan fingerprint density at radius 3 is 2.72 bits per heavy atom. The molecule has 7 heteroatoms. The molecule has 0 unspecified atom stereocenters. The number of hydrogen-bond acceptors (Lipinski definition) is 4. The highest BCUT2D eigenvalue weighted by molar-refractivity contribution is 6.10. The molecule has 1 aromatic rings. The van der Waals surface area contributed by atoms with Crippen molar-refractivity contribution in [2.24, 2.45) is 0 Å². The molecule has 3 amide bonds. The smallest absolute Gasteiger partial charge is 0.246 e. The number of amides is 3. The molecule has 7 nitrogen and oxygen atoms in total. The van der Waals surface area contributed by atoms with E-state index in [1.54, 1.807) is 23.0 Å². The van der Waals surface area contributed by atoms with Crippen LogP contribution < -0.4 is 10.1 Å². The van der Waals surface area contributed by atoms with Crippen LogP contribution in [0.4, 0.5) is 5.69 Å². The van der Waals surface area contributed by atoms with Crippen molar-refractivity contribution >= 4 is 23.4 Å². The second-order valence-corrected chi connectivity index (χ2v) is 8.68. The van der Waals surface area contributed by atoms with Crippen molar-refractivity contribution in [2.75, 3.05) is 19.0 Å². The van der Waals surface area contributed by atoms with Gasteiger partial charge in [0.25, 0.3) is 0 Å². The van der Waals surface area contributed by atoms with E-state index in [0.717, 1.165) is 17.6 Å². The van der Waals surface area contributed by atoms with Crippen LogP contribution in [0.25, 0.3) is 0 Å². The van der Waals surface area contributed by atoms with Crippen LogP contribution in [-0.4, -0.2) is 59.3 Å². The minimum absolute atomic E-state index is 0.0223. The van der Waals surface area contributed by atoms with Gasteiger partial charge >= 0.3 is 0 Å². The van der Waals surface area contributed by atoms with Gasteiger partial charge in [0.1, 0.15) is 23.2 Å². The fraction of sp³-hybridized carbons (Fsp3) is 0.500. The van der Waals surface area contributed by atoms with Crippen LogP contribution in [0.5, 0.6) is 5.75 Å². The molecule has 4 aliphatic heterocycles. The van der Waals surface area contributed by atoms with Crippen molar-refractivity contribution in [3.05, 3.63) is 35.4 Å². The highest BCUT2D eigenvalue weighted by atomic mass is 16.5. The average molecular weight is 395 g/mol. The fourth-order valence-electron chi connectivity index (χ4n) is 5.64. The Hall–Kier alpha value is -2.83. The zero-order valence-corrected chi connectivity index (χ0v) is 16.9. The predicted molar refractivity (Wildman–Crippen MR) is 107 cm³/mol. The first-order chi connectivity index (χ1) is 13.9. The van der Waals surface area contributed by atoms with E-state index in [1.807, 2.05) is 32.1 Å². The first-order valence-corrected chi connectivity index (χ1v) is 10.2. The summed E-state index contributed by atoms with van der Waals surface area (Å²) >= 11 is 0. The summed E-state index contributed by atoms with van der Waals surface area (Å²) < 4.78 is 5.31. The van der Waals surface area contributed by atoms with Gasteiger partial charge in [0.2, 0.25) is 17.7 Å². The summed E-state index contributed by atoms with van der Waals surface area (Å²) in [6, 6.07) is 4.07. The lowest BCUT2D eigenvalue weighted by Crippen LogP contribution is -2.62. The fourth-order valence-corrected chi connectivity index (χ4v) is 5.64. The van der Waals surface area contributed by atoms with Crippen LogP contribution in [0.1, 0.15) is 38.7 Å². The van der Waals surface area contributed by atoms with E-state index in [-0.39, 0.29) is 23.8 Å². The Bertz CT molecular complexity index is 967. The maximum absolute atomic E-state index is 13.4. The number of nitrogens with zero attached hydrogens (tertiary/aromatic N) is 2. The van der Waals surface area contributed by atoms with Crippen LogP contribution in [0.2, 0.25) is 0 Å². The maximum Gasteiger partial charge on any atom is 0.246 e. The minimum Gasteiger partial charge on any atom is -0.497 e. The number of hydrogen-bond donors (Lipinski definition) is 1. The lowest BCUT2D eigenvalue weighted by atomic mass is 9.73. The Kier molecular flexibility index (Phi) is 3.82. The number of ether oxygens (including phenoxy) is 1. The Morgan fingerprint density at radius 1 is 1.21 bits per heavy atom. The average Bonchev–Trinajstić information content (AvgIpc) is 3.36. The van der Waals surface area contributed by atoms with Gasteiger partial charge in [-0.25, -0.2) is 0 Å². The molecular formula is C22H25N3O4. The molecule has 0 aliphatic carbocycles. The summed E-state index contributed by atoms with van der Waals surface area (Å²) in [5.74, 6) is 0.453. The number of anilines is 1. The highest BCUT2D eigenvalue weighted by Gasteiger charge is 2.66. The summed E-state index contributed by atoms with van der Waals surface area (Å²) in [4.78, 5) is 43.6. The van der Waals surface area contributed by atoms with Crippen molar-refractivity contribution in [1.29, 1.82) is 0 Å². The second-order valence-electron chi connectivity index (χ2n) is 8.68. The van der Waals surface area contributed by atoms with Gasteiger partial charge in [-0.15, -0.1) is 0 Å². The summed E-state index contributed by atoms with van der Waals surface area (Å²) in [6.45, 7) is 4.54. The van der Waals surface area contributed by atoms with E-state index < -0.39 is 17.5 Å². The van der Waals surface area contributed by atoms with Crippen LogP contribution in [0.3, 0.4) is 0 Å². The predicted octanol–water partition coefficient (Wildman–Crippen LogP) is 1.83. The van der Waals surface area contributed by atoms with Gasteiger partial charge in [0.05, 0.1) is 13.2 Å². The normalized spacial score (nSPS) is 32.2. The Labute approximate surface area is 169 Å². The van der Waals surface area contributed by atoms with E-state index in [4.69, 9.17) is 4.74 Å². The van der Waals surface area contributed by atoms with Gasteiger partial charge in [-0.05, 0) is 44.7 Å². The molecule has 1 spiro atoms. The number of fused-ring (bicyclic) bond motifs is 4. The van der Waals surface area contributed by atoms with Gasteiger partial charge in [-0.1, -0.05) is 17.7 Å². The number of rotatable bonds is 2. The summed E-state index contributed by atoms with van der Waals surface area (Å²) in [5.41, 5.74) is 1.58. The molecular weight excluding hydrogens is 370 g/mol. The number of nitrogens with one attached hydrogen (secondary N) is 1. The van der Waals surface area contributed by atoms with E-state index in [9.17, 15) is 14.4 Å². The molecule has 152 valence electrons. The summed E-state index contributed by atoms with van der Waals surface area (Å²) in [6.07, 6.45) is 3.84. The number of piperazine rings is 1. The monoisotopic (exact) mass is 395 g/mol. The maximum atomic E-state index is 13.4. The highest BCUT2D eigenvalue weighted by Crippen LogP contribution is 2.53. The van der Waals surface area contributed by atoms with Gasteiger partial charge in [0, 0.05) is 18.3 Å². The van der Waals surface area contributed by atoms with Gasteiger partial charge in [0.15, 0.2) is 0 Å². The molecule has 1 aromatic carbocycles. The summed E-state index contributed by atoms with van der Waals surface area (Å²) in [7, 11) is 1.58. The number of carbonyl (C=O) groups excluding carboxylic acids is 3. The molecule has 4 aliphatic rings. The number of methoxy groups -OCH3 is 1. The zero-order valence-electron chi connectivity index (χ0n) is 16.9. The first-order valence-electron chi connectivity index (χ1n) is 10.2. The van der Waals surface area contributed by atoms with Crippen molar-refractivity contribution in [2.45, 2.75) is 56.7 Å². The van der Waals surface area contributed by atoms with Crippen molar-refractivity contribution in [1.82, 2.24) is 9.80 Å². The lowest BCUT2D eigenvalue weighted by Gasteiger charge is -2.41. The van der Waals surface area contributed by atoms with Crippen LogP contribution in [-0.2, 0) is 19.8 Å². The van der Waals surface area contributed by atoms with Gasteiger partial charge in [-0.3, -0.25) is 14.4 Å². The third-order valence-corrected chi connectivity index (χ3v) is 6.87. The first kappa shape index (κ1) is 18.2. The third-order valence-electron chi connectivity index (χ3n) is 6.87. The van der Waals surface area contributed by atoms with Gasteiger partial charge < -0.3 is 19.9 Å². The molecule has 0 bridgehead atoms. The minimum atomic E-state index is -0.964. The van der Waals surface area contributed by atoms with Crippen LogP contribution >= 0.6 is 0 Å². The van der Waals surface area contributed by atoms with E-state index in [0.29, 0.717) is 30.8 Å². The largest absolute Gasteiger partial charge is 0.497 e. The molecule has 0 saturated carbocycles. The van der Waals surface area contributed by atoms with E-state index in [2.05, 4.69) is 5.32 Å². The number of benzene rings is 1. The van der Waals surface area contributed by atoms with Crippen molar-refractivity contribution in [3.8, 4) is 5.75 Å². The lowest BCUT2D eigenvalue weighted by molar-refractivity contribution is -0.158. The Morgan fingerprint density at radius 2 is 2.00 bits per heavy atom. The number of allylic oxidation sites excluding steroid dienone is 1. The quantitative estimate of drug-likeness (QED) is 0.775. The van der Waals surface area contributed by atoms with Crippen molar-refractivity contribution < 1.29 is 19.1 Å². The standard InChI is InChI=1S/C22H25N3O4/c1-12(2)9-18-22(14-7-6-13(29-3)10-15(14)23-21(22)28)11-17-19(26)24-8-4-5-16(24)20(27)25(17)18/h6-7,9-10,16-18H,4-5,8,11H2,1-3H3,(H,23,28)/t16-,17-,18-,22+/m0/s1. The van der Waals surface area contributed by atoms with Crippen molar-refractivity contribution in [3.63, 3.8) is 0 Å². The van der Waals surface area contributed by atoms with Crippen LogP contribution in [0.15, 0.2) is 29.8 Å². The Balaban J connectivity index is 1.69. The zero-order chi connectivity index (χ0) is 20.5. The topological polar surface area (TPSA) is 79.0 Å². The third kappa shape index (κ3) is 2.27. The molecule has 3 fully saturated rings. The second kappa shape index (κ2) is 6.08. The number of carbonyl (C=O) groups is 3. The molecule has 5 rings (SSSR count). The van der Waals surface area contributed by atoms with E-state index >= 15 is 0 Å². The molecule has 0 radical (unpaired) electrons. The molecule has 4 atom stereocenters. The summed E-state index contributed by atoms with van der Waals surface area (Å²) in [5, 5.41) is 2.99. The SMILES string of the molecule is COc1ccc2c(c1)NC(=O)[C@]21C[C@H]2C(=O)N3CCC[C@H]3C(=O)N2[C@H]1C=C(C)C.